The van der Waals surface area contributed by atoms with Crippen molar-refractivity contribution in [1.82, 2.24) is 4.98 Å². The number of rotatable bonds is 3. The van der Waals surface area contributed by atoms with E-state index in [4.69, 9.17) is 5.73 Å². The number of carbonyl (C=O) groups is 2. The first-order valence-electron chi connectivity index (χ1n) is 5.92. The summed E-state index contributed by atoms with van der Waals surface area (Å²) in [5.74, 6) is -1.95. The van der Waals surface area contributed by atoms with Crippen LogP contribution in [-0.2, 0) is 4.74 Å². The lowest BCUT2D eigenvalue weighted by molar-refractivity contribution is 0.0602. The van der Waals surface area contributed by atoms with Gasteiger partial charge in [-0.05, 0) is 30.3 Å². The Morgan fingerprint density at radius 3 is 2.76 bits per heavy atom. The molecule has 108 valence electrons. The molecule has 0 radical (unpaired) electrons. The summed E-state index contributed by atoms with van der Waals surface area (Å²) in [6, 6.07) is 6.42. The van der Waals surface area contributed by atoms with Crippen molar-refractivity contribution in [2.75, 3.05) is 18.2 Å². The molecular weight excluding hydrogens is 277 g/mol. The summed E-state index contributed by atoms with van der Waals surface area (Å²) in [6.45, 7) is 0. The van der Waals surface area contributed by atoms with Gasteiger partial charge in [-0.1, -0.05) is 0 Å². The maximum absolute atomic E-state index is 13.3. The normalized spacial score (nSPS) is 10.0. The first kappa shape index (κ1) is 14.4. The van der Waals surface area contributed by atoms with Gasteiger partial charge in [0.25, 0.3) is 5.91 Å². The third-order valence-electron chi connectivity index (χ3n) is 2.69. The van der Waals surface area contributed by atoms with Crippen LogP contribution in [0, 0.1) is 5.82 Å². The molecule has 3 N–H and O–H groups in total. The number of methoxy groups -OCH3 is 1. The van der Waals surface area contributed by atoms with E-state index >= 15 is 0 Å². The molecule has 0 saturated carbocycles. The van der Waals surface area contributed by atoms with E-state index in [0.29, 0.717) is 0 Å². The number of hydrogen-bond donors (Lipinski definition) is 2. The molecule has 1 amide bonds. The van der Waals surface area contributed by atoms with Crippen molar-refractivity contribution < 1.29 is 18.7 Å². The SMILES string of the molecule is COC(=O)c1ccc(F)cc1NC(=O)c1ncccc1N. The molecule has 0 bridgehead atoms. The quantitative estimate of drug-likeness (QED) is 0.841. The number of carbonyl (C=O) groups excluding carboxylic acids is 2. The molecule has 0 aliphatic rings. The van der Waals surface area contributed by atoms with Crippen LogP contribution in [0.1, 0.15) is 20.8 Å². The Hall–Kier alpha value is -2.96. The summed E-state index contributed by atoms with van der Waals surface area (Å²) in [6.07, 6.45) is 1.40. The molecule has 1 aromatic carbocycles. The van der Waals surface area contributed by atoms with Gasteiger partial charge < -0.3 is 15.8 Å². The van der Waals surface area contributed by atoms with Crippen LogP contribution in [0.5, 0.6) is 0 Å². The van der Waals surface area contributed by atoms with Crippen LogP contribution in [0.15, 0.2) is 36.5 Å². The van der Waals surface area contributed by atoms with Crippen LogP contribution in [0.2, 0.25) is 0 Å². The predicted molar refractivity (Wildman–Crippen MR) is 74.3 cm³/mol. The Labute approximate surface area is 119 Å². The van der Waals surface area contributed by atoms with Gasteiger partial charge in [-0.3, -0.25) is 4.79 Å². The molecule has 0 aliphatic carbocycles. The standard InChI is InChI=1S/C14H12FN3O3/c1-21-14(20)9-5-4-8(15)7-11(9)18-13(19)12-10(16)3-2-6-17-12/h2-7H,16H2,1H3,(H,18,19). The predicted octanol–water partition coefficient (Wildman–Crippen LogP) is 1.84. The van der Waals surface area contributed by atoms with Crippen molar-refractivity contribution in [2.45, 2.75) is 0 Å². The van der Waals surface area contributed by atoms with Gasteiger partial charge >= 0.3 is 5.97 Å². The van der Waals surface area contributed by atoms with Crippen LogP contribution in [-0.4, -0.2) is 24.0 Å². The zero-order chi connectivity index (χ0) is 15.4. The molecule has 2 rings (SSSR count). The number of nitrogens with one attached hydrogen (secondary N) is 1. The minimum Gasteiger partial charge on any atom is -0.465 e. The van der Waals surface area contributed by atoms with Crippen LogP contribution >= 0.6 is 0 Å². The van der Waals surface area contributed by atoms with E-state index in [1.807, 2.05) is 0 Å². The molecule has 0 aliphatic heterocycles. The number of anilines is 2. The minimum absolute atomic E-state index is 0.0161. The number of halogens is 1. The van der Waals surface area contributed by atoms with Gasteiger partial charge in [0.15, 0.2) is 5.69 Å². The number of pyridine rings is 1. The van der Waals surface area contributed by atoms with E-state index < -0.39 is 17.7 Å². The second kappa shape index (κ2) is 6.00. The zero-order valence-corrected chi connectivity index (χ0v) is 11.1. The lowest BCUT2D eigenvalue weighted by Gasteiger charge is -2.10. The van der Waals surface area contributed by atoms with Crippen molar-refractivity contribution in [3.05, 3.63) is 53.6 Å². The zero-order valence-electron chi connectivity index (χ0n) is 11.1. The Bertz CT molecular complexity index is 704. The monoisotopic (exact) mass is 289 g/mol. The Kier molecular flexibility index (Phi) is 4.13. The van der Waals surface area contributed by atoms with Crippen LogP contribution in [0.4, 0.5) is 15.8 Å². The van der Waals surface area contributed by atoms with Crippen molar-refractivity contribution in [2.24, 2.45) is 0 Å². The Morgan fingerprint density at radius 2 is 2.10 bits per heavy atom. The Balaban J connectivity index is 2.35. The first-order chi connectivity index (χ1) is 10.0. The summed E-state index contributed by atoms with van der Waals surface area (Å²) in [7, 11) is 1.19. The molecule has 21 heavy (non-hydrogen) atoms. The highest BCUT2D eigenvalue weighted by Crippen LogP contribution is 2.20. The fourth-order valence-electron chi connectivity index (χ4n) is 1.70. The number of nitrogen functional groups attached to an aromatic ring is 1. The average Bonchev–Trinajstić information content (AvgIpc) is 2.47. The topological polar surface area (TPSA) is 94.3 Å². The molecule has 1 aromatic heterocycles. The number of amides is 1. The molecule has 0 fully saturated rings. The van der Waals surface area contributed by atoms with Crippen molar-refractivity contribution >= 4 is 23.3 Å². The number of nitrogens with zero attached hydrogens (tertiary/aromatic N) is 1. The van der Waals surface area contributed by atoms with Crippen molar-refractivity contribution in [3.8, 4) is 0 Å². The molecule has 0 atom stereocenters. The number of benzene rings is 1. The molecule has 2 aromatic rings. The third-order valence-corrected chi connectivity index (χ3v) is 2.69. The van der Waals surface area contributed by atoms with E-state index in [0.717, 1.165) is 12.1 Å². The highest BCUT2D eigenvalue weighted by molar-refractivity contribution is 6.09. The number of hydrogen-bond acceptors (Lipinski definition) is 5. The third kappa shape index (κ3) is 3.14. The first-order valence-corrected chi connectivity index (χ1v) is 5.92. The van der Waals surface area contributed by atoms with E-state index in [1.165, 1.54) is 25.4 Å². The smallest absolute Gasteiger partial charge is 0.339 e. The molecular formula is C14H12FN3O3. The second-order valence-electron chi connectivity index (χ2n) is 4.08. The molecule has 6 nitrogen and oxygen atoms in total. The largest absolute Gasteiger partial charge is 0.465 e. The van der Waals surface area contributed by atoms with E-state index in [2.05, 4.69) is 15.0 Å². The van der Waals surface area contributed by atoms with Gasteiger partial charge in [-0.2, -0.15) is 0 Å². The second-order valence-corrected chi connectivity index (χ2v) is 4.08. The van der Waals surface area contributed by atoms with E-state index in [9.17, 15) is 14.0 Å². The van der Waals surface area contributed by atoms with Crippen LogP contribution in [0.3, 0.4) is 0 Å². The number of nitrogens with two attached hydrogens (primary N) is 1. The van der Waals surface area contributed by atoms with E-state index in [-0.39, 0.29) is 22.6 Å². The van der Waals surface area contributed by atoms with Crippen LogP contribution < -0.4 is 11.1 Å². The highest BCUT2D eigenvalue weighted by Gasteiger charge is 2.17. The summed E-state index contributed by atoms with van der Waals surface area (Å²) < 4.78 is 17.9. The maximum Gasteiger partial charge on any atom is 0.339 e. The van der Waals surface area contributed by atoms with Gasteiger partial charge in [0, 0.05) is 6.20 Å². The summed E-state index contributed by atoms with van der Waals surface area (Å²) in [5, 5.41) is 2.40. The fourth-order valence-corrected chi connectivity index (χ4v) is 1.70. The molecule has 0 saturated heterocycles. The molecule has 1 heterocycles. The van der Waals surface area contributed by atoms with Crippen LogP contribution in [0.25, 0.3) is 0 Å². The van der Waals surface area contributed by atoms with Gasteiger partial charge in [0.1, 0.15) is 5.82 Å². The van der Waals surface area contributed by atoms with Gasteiger partial charge in [0.2, 0.25) is 0 Å². The average molecular weight is 289 g/mol. The molecule has 7 heteroatoms. The van der Waals surface area contributed by atoms with Gasteiger partial charge in [-0.25, -0.2) is 14.2 Å². The summed E-state index contributed by atoms with van der Waals surface area (Å²) >= 11 is 0. The summed E-state index contributed by atoms with van der Waals surface area (Å²) in [5.41, 5.74) is 5.81. The lowest BCUT2D eigenvalue weighted by Crippen LogP contribution is -2.18. The van der Waals surface area contributed by atoms with Gasteiger partial charge in [-0.15, -0.1) is 0 Å². The lowest BCUT2D eigenvalue weighted by atomic mass is 10.1. The number of aromatic nitrogens is 1. The number of ether oxygens (including phenoxy) is 1. The Morgan fingerprint density at radius 1 is 1.33 bits per heavy atom. The van der Waals surface area contributed by atoms with E-state index in [1.54, 1.807) is 6.07 Å². The highest BCUT2D eigenvalue weighted by atomic mass is 19.1. The molecule has 0 unspecified atom stereocenters. The maximum atomic E-state index is 13.3. The van der Waals surface area contributed by atoms with Crippen molar-refractivity contribution in [3.63, 3.8) is 0 Å². The number of esters is 1. The molecule has 0 spiro atoms. The summed E-state index contributed by atoms with van der Waals surface area (Å²) in [4.78, 5) is 27.5. The van der Waals surface area contributed by atoms with Crippen molar-refractivity contribution in [1.29, 1.82) is 0 Å². The van der Waals surface area contributed by atoms with Gasteiger partial charge in [0.05, 0.1) is 24.0 Å². The minimum atomic E-state index is -0.695. The fraction of sp³-hybridized carbons (Fsp3) is 0.0714.